The molecule has 0 saturated heterocycles. The largest absolute Gasteiger partial charge is 0.465 e. The highest BCUT2D eigenvalue weighted by Crippen LogP contribution is 2.44. The van der Waals surface area contributed by atoms with Gasteiger partial charge in [-0.1, -0.05) is 69.3 Å². The third-order valence-electron chi connectivity index (χ3n) is 7.14. The van der Waals surface area contributed by atoms with Gasteiger partial charge in [0.1, 0.15) is 5.00 Å². The molecule has 0 spiro atoms. The summed E-state index contributed by atoms with van der Waals surface area (Å²) in [6, 6.07) is 19.3. The number of carbonyl (C=O) groups is 2. The van der Waals surface area contributed by atoms with Gasteiger partial charge in [-0.3, -0.25) is 4.79 Å². The molecule has 0 bridgehead atoms. The molecule has 5 rings (SSSR count). The van der Waals surface area contributed by atoms with Crippen LogP contribution in [0.15, 0.2) is 60.7 Å². The predicted octanol–water partition coefficient (Wildman–Crippen LogP) is 7.15. The molecule has 0 aliphatic heterocycles. The van der Waals surface area contributed by atoms with E-state index in [9.17, 15) is 9.59 Å². The number of esters is 1. The highest BCUT2D eigenvalue weighted by atomic mass is 32.1. The van der Waals surface area contributed by atoms with Crippen LogP contribution in [-0.2, 0) is 17.6 Å². The molecule has 1 aliphatic rings. The molecule has 0 unspecified atom stereocenters. The van der Waals surface area contributed by atoms with Crippen LogP contribution in [0.3, 0.4) is 0 Å². The van der Waals surface area contributed by atoms with Crippen LogP contribution in [0.5, 0.6) is 0 Å². The van der Waals surface area contributed by atoms with Crippen LogP contribution in [0.25, 0.3) is 22.2 Å². The fraction of sp³-hybridized carbons (Fsp3) is 0.300. The quantitative estimate of drug-likeness (QED) is 0.303. The molecule has 4 aromatic rings. The third-order valence-corrected chi connectivity index (χ3v) is 8.31. The van der Waals surface area contributed by atoms with Gasteiger partial charge in [0.05, 0.1) is 29.4 Å². The first-order valence-corrected chi connectivity index (χ1v) is 13.1. The zero-order valence-corrected chi connectivity index (χ0v) is 21.9. The monoisotopic (exact) mass is 498 g/mol. The minimum atomic E-state index is -0.401. The summed E-state index contributed by atoms with van der Waals surface area (Å²) in [6.07, 6.45) is 2.73. The Morgan fingerprint density at radius 2 is 1.78 bits per heavy atom. The number of pyridine rings is 1. The van der Waals surface area contributed by atoms with E-state index in [2.05, 4.69) is 26.1 Å². The summed E-state index contributed by atoms with van der Waals surface area (Å²) in [6.45, 7) is 6.79. The second kappa shape index (κ2) is 9.51. The molecule has 1 atom stereocenters. The van der Waals surface area contributed by atoms with E-state index in [1.165, 1.54) is 23.3 Å². The third kappa shape index (κ3) is 4.53. The highest BCUT2D eigenvalue weighted by molar-refractivity contribution is 7.17. The van der Waals surface area contributed by atoms with Crippen LogP contribution in [0.2, 0.25) is 0 Å². The molecule has 2 heterocycles. The van der Waals surface area contributed by atoms with Gasteiger partial charge in [0.15, 0.2) is 0 Å². The number of aromatic nitrogens is 1. The Bertz CT molecular complexity index is 1450. The van der Waals surface area contributed by atoms with Crippen molar-refractivity contribution < 1.29 is 14.3 Å². The summed E-state index contributed by atoms with van der Waals surface area (Å²) in [5.41, 5.74) is 4.63. The van der Waals surface area contributed by atoms with Gasteiger partial charge >= 0.3 is 5.97 Å². The molecule has 36 heavy (non-hydrogen) atoms. The standard InChI is InChI=1S/C30H30N2O3S/c1-30(2,3)19-14-15-21-25(16-19)36-28(26(21)29(34)35-4)32-27(33)22-17-24(18-10-6-5-7-11-18)31-23-13-9-8-12-20(22)23/h5-13,17,19H,14-16H2,1-4H3,(H,32,33)/t19-/m1/s1. The van der Waals surface area contributed by atoms with Crippen molar-refractivity contribution in [1.82, 2.24) is 4.98 Å². The van der Waals surface area contributed by atoms with E-state index in [0.717, 1.165) is 47.0 Å². The van der Waals surface area contributed by atoms with Crippen molar-refractivity contribution in [3.05, 3.63) is 82.2 Å². The number of fused-ring (bicyclic) bond motifs is 2. The first-order valence-electron chi connectivity index (χ1n) is 12.3. The van der Waals surface area contributed by atoms with E-state index in [0.29, 0.717) is 22.0 Å². The number of nitrogens with zero attached hydrogens (tertiary/aromatic N) is 1. The molecule has 0 radical (unpaired) electrons. The maximum atomic E-state index is 13.7. The highest BCUT2D eigenvalue weighted by Gasteiger charge is 2.34. The lowest BCUT2D eigenvalue weighted by Crippen LogP contribution is -2.26. The molecule has 1 aliphatic carbocycles. The van der Waals surface area contributed by atoms with Gasteiger partial charge in [-0.25, -0.2) is 9.78 Å². The lowest BCUT2D eigenvalue weighted by Gasteiger charge is -2.33. The van der Waals surface area contributed by atoms with Crippen molar-refractivity contribution in [2.45, 2.75) is 40.0 Å². The molecular weight excluding hydrogens is 468 g/mol. The van der Waals surface area contributed by atoms with Gasteiger partial charge in [0.25, 0.3) is 5.91 Å². The Hall–Kier alpha value is -3.51. The minimum absolute atomic E-state index is 0.181. The number of carbonyl (C=O) groups excluding carboxylic acids is 2. The van der Waals surface area contributed by atoms with Gasteiger partial charge in [-0.15, -0.1) is 11.3 Å². The lowest BCUT2D eigenvalue weighted by molar-refractivity contribution is 0.0600. The van der Waals surface area contributed by atoms with Gasteiger partial charge in [0, 0.05) is 15.8 Å². The van der Waals surface area contributed by atoms with E-state index >= 15 is 0 Å². The maximum absolute atomic E-state index is 13.7. The predicted molar refractivity (Wildman–Crippen MR) is 146 cm³/mol. The van der Waals surface area contributed by atoms with Crippen molar-refractivity contribution in [1.29, 1.82) is 0 Å². The molecule has 184 valence electrons. The molecule has 6 heteroatoms. The molecule has 1 N–H and O–H groups in total. The van der Waals surface area contributed by atoms with Crippen molar-refractivity contribution in [2.24, 2.45) is 11.3 Å². The summed E-state index contributed by atoms with van der Waals surface area (Å²) < 4.78 is 5.14. The van der Waals surface area contributed by atoms with Crippen LogP contribution in [0, 0.1) is 11.3 Å². The first-order chi connectivity index (χ1) is 17.3. The number of ether oxygens (including phenoxy) is 1. The summed E-state index contributed by atoms with van der Waals surface area (Å²) in [5, 5.41) is 4.41. The zero-order chi connectivity index (χ0) is 25.4. The van der Waals surface area contributed by atoms with Crippen molar-refractivity contribution >= 4 is 39.1 Å². The van der Waals surface area contributed by atoms with Crippen molar-refractivity contribution in [3.8, 4) is 11.3 Å². The lowest BCUT2D eigenvalue weighted by atomic mass is 9.72. The van der Waals surface area contributed by atoms with Crippen LogP contribution >= 0.6 is 11.3 Å². The van der Waals surface area contributed by atoms with Crippen molar-refractivity contribution in [3.63, 3.8) is 0 Å². The fourth-order valence-corrected chi connectivity index (χ4v) is 6.33. The van der Waals surface area contributed by atoms with Crippen LogP contribution < -0.4 is 5.32 Å². The molecule has 1 amide bonds. The van der Waals surface area contributed by atoms with Gasteiger partial charge in [0.2, 0.25) is 0 Å². The number of anilines is 1. The molecule has 0 fully saturated rings. The number of benzene rings is 2. The van der Waals surface area contributed by atoms with E-state index < -0.39 is 5.97 Å². The number of hydrogen-bond donors (Lipinski definition) is 1. The Kier molecular flexibility index (Phi) is 6.39. The van der Waals surface area contributed by atoms with E-state index in [4.69, 9.17) is 9.72 Å². The summed E-state index contributed by atoms with van der Waals surface area (Å²) >= 11 is 1.51. The topological polar surface area (TPSA) is 68.3 Å². The number of methoxy groups -OCH3 is 1. The number of para-hydroxylation sites is 1. The molecule has 5 nitrogen and oxygen atoms in total. The molecule has 2 aromatic heterocycles. The van der Waals surface area contributed by atoms with E-state index in [1.54, 1.807) is 0 Å². The summed E-state index contributed by atoms with van der Waals surface area (Å²) in [7, 11) is 1.39. The second-order valence-electron chi connectivity index (χ2n) is 10.4. The molecule has 0 saturated carbocycles. The Morgan fingerprint density at radius 3 is 2.50 bits per heavy atom. The fourth-order valence-electron chi connectivity index (χ4n) is 5.02. The normalized spacial score (nSPS) is 15.4. The summed E-state index contributed by atoms with van der Waals surface area (Å²) in [5.74, 6) is -0.140. The first kappa shape index (κ1) is 24.2. The Labute approximate surface area is 215 Å². The SMILES string of the molecule is COC(=O)c1c(NC(=O)c2cc(-c3ccccc3)nc3ccccc23)sc2c1CC[C@@H](C(C)(C)C)C2. The summed E-state index contributed by atoms with van der Waals surface area (Å²) in [4.78, 5) is 32.5. The van der Waals surface area contributed by atoms with E-state index in [-0.39, 0.29) is 11.3 Å². The van der Waals surface area contributed by atoms with Crippen LogP contribution in [-0.4, -0.2) is 24.0 Å². The van der Waals surface area contributed by atoms with Crippen LogP contribution in [0.1, 0.15) is 58.3 Å². The average molecular weight is 499 g/mol. The molecular formula is C30H30N2O3S. The number of amides is 1. The van der Waals surface area contributed by atoms with Gasteiger partial charge in [-0.05, 0) is 48.3 Å². The van der Waals surface area contributed by atoms with Gasteiger partial charge in [-0.2, -0.15) is 0 Å². The maximum Gasteiger partial charge on any atom is 0.341 e. The zero-order valence-electron chi connectivity index (χ0n) is 21.1. The van der Waals surface area contributed by atoms with Gasteiger partial charge < -0.3 is 10.1 Å². The number of hydrogen-bond acceptors (Lipinski definition) is 5. The van der Waals surface area contributed by atoms with Crippen LogP contribution in [0.4, 0.5) is 5.00 Å². The van der Waals surface area contributed by atoms with Crippen molar-refractivity contribution in [2.75, 3.05) is 12.4 Å². The number of thiophene rings is 1. The number of nitrogens with one attached hydrogen (secondary N) is 1. The van der Waals surface area contributed by atoms with E-state index in [1.807, 2.05) is 60.7 Å². The smallest absolute Gasteiger partial charge is 0.341 e. The minimum Gasteiger partial charge on any atom is -0.465 e. The molecule has 2 aromatic carbocycles. The Morgan fingerprint density at radius 1 is 1.06 bits per heavy atom. The Balaban J connectivity index is 1.56. The second-order valence-corrected chi connectivity index (χ2v) is 11.5. The average Bonchev–Trinajstić information content (AvgIpc) is 3.24. The number of rotatable bonds is 4.